The predicted molar refractivity (Wildman–Crippen MR) is 392 cm³/mol. The Balaban J connectivity index is 0.806. The van der Waals surface area contributed by atoms with Crippen LogP contribution in [0, 0.1) is 23.7 Å². The van der Waals surface area contributed by atoms with E-state index in [0.29, 0.717) is 13.2 Å². The molecule has 584 valence electrons. The number of ether oxygens (including phenoxy) is 21. The third-order valence-corrected chi connectivity index (χ3v) is 22.2. The molecule has 0 spiro atoms. The molecule has 8 saturated heterocycles. The zero-order valence-electron chi connectivity index (χ0n) is 63.8. The van der Waals surface area contributed by atoms with E-state index in [9.17, 15) is 4.79 Å². The second-order valence-electron chi connectivity index (χ2n) is 30.8. The monoisotopic (exact) mass is 1490 g/mol. The van der Waals surface area contributed by atoms with Crippen LogP contribution in [0.4, 0.5) is 0 Å². The highest BCUT2D eigenvalue weighted by Crippen LogP contribution is 2.49. The molecule has 0 N–H and O–H groups in total. The van der Waals surface area contributed by atoms with E-state index in [1.807, 2.05) is 230 Å². The molecule has 0 bridgehead atoms. The average Bonchev–Trinajstić information content (AvgIpc) is 1.57. The lowest BCUT2D eigenvalue weighted by molar-refractivity contribution is -0.387. The van der Waals surface area contributed by atoms with Gasteiger partial charge in [-0.05, 0) is 69.4 Å². The highest BCUT2D eigenvalue weighted by Gasteiger charge is 2.63. The van der Waals surface area contributed by atoms with Gasteiger partial charge in [0.1, 0.15) is 54.4 Å². The van der Waals surface area contributed by atoms with Crippen molar-refractivity contribution in [3.63, 3.8) is 0 Å². The minimum Gasteiger partial charge on any atom is -0.457 e. The minimum absolute atomic E-state index is 0.0361. The molecule has 0 aromatic heterocycles. The lowest BCUT2D eigenvalue weighted by Gasteiger charge is -2.52. The fourth-order valence-corrected chi connectivity index (χ4v) is 16.2. The number of carbonyl (C=O) groups excluding carboxylic acids is 1. The molecule has 6 aromatic carbocycles. The van der Waals surface area contributed by atoms with Crippen molar-refractivity contribution in [2.75, 3.05) is 26.4 Å². The van der Waals surface area contributed by atoms with Crippen molar-refractivity contribution in [3.05, 3.63) is 215 Å². The molecule has 0 aliphatic carbocycles. The molecule has 28 atom stereocenters. The molecule has 8 fully saturated rings. The quantitative estimate of drug-likeness (QED) is 0.0400. The second-order valence-corrected chi connectivity index (χ2v) is 30.8. The zero-order chi connectivity index (χ0) is 75.1. The maximum absolute atomic E-state index is 13.3. The average molecular weight is 1490 g/mol. The highest BCUT2D eigenvalue weighted by atomic mass is 16.8. The van der Waals surface area contributed by atoms with E-state index >= 15 is 0 Å². The molecule has 0 amide bonds. The zero-order valence-corrected chi connectivity index (χ0v) is 63.8. The summed E-state index contributed by atoms with van der Waals surface area (Å²) in [5.74, 6) is -2.98. The summed E-state index contributed by atoms with van der Waals surface area (Å²) < 4.78 is 147. The van der Waals surface area contributed by atoms with Crippen LogP contribution in [-0.4, -0.2) is 179 Å². The summed E-state index contributed by atoms with van der Waals surface area (Å²) in [7, 11) is 0. The molecule has 22 nitrogen and oxygen atoms in total. The molecule has 14 rings (SSSR count). The maximum atomic E-state index is 13.3. The van der Waals surface area contributed by atoms with Crippen molar-refractivity contribution >= 4 is 5.97 Å². The lowest BCUT2D eigenvalue weighted by atomic mass is 9.89. The van der Waals surface area contributed by atoms with E-state index in [0.717, 1.165) is 33.4 Å². The summed E-state index contributed by atoms with van der Waals surface area (Å²) >= 11 is 0. The van der Waals surface area contributed by atoms with Gasteiger partial charge in [-0.2, -0.15) is 0 Å². The van der Waals surface area contributed by atoms with Crippen LogP contribution < -0.4 is 0 Å². The summed E-state index contributed by atoms with van der Waals surface area (Å²) in [6.07, 6.45) is -18.4. The maximum Gasteiger partial charge on any atom is 0.303 e. The van der Waals surface area contributed by atoms with Gasteiger partial charge in [0.15, 0.2) is 49.6 Å². The van der Waals surface area contributed by atoms with E-state index in [1.54, 1.807) is 0 Å². The van der Waals surface area contributed by atoms with Gasteiger partial charge < -0.3 is 99.5 Å². The Morgan fingerprint density at radius 1 is 0.398 bits per heavy atom. The van der Waals surface area contributed by atoms with Crippen molar-refractivity contribution in [1.82, 2.24) is 0 Å². The SMILES string of the molecule is CC(=O)O[C@H]1C(C)O[C@@H](C)C(O[C@@H]2OC(C)[C@H](O[C@@H]3OC[C@@H](C)[C@@H](O[C@@H]4OC[C@@]5(COCc6ccccc6)O[C@@H](c6ccccc6)OC45)C3OCc3ccccc3)C(O[C@@H]3OC(COCc4ccccc4)[C@@H](OCc4ccccc4)C(OCc4ccccc4)[C@H]3C)[C@@H]2C)[C@@H]1O[C@@H]1OC(C)[C@H](C)[C@@H]2OC(C)(C)OC12. The number of benzene rings is 6. The number of hydrogen-bond acceptors (Lipinski definition) is 22. The van der Waals surface area contributed by atoms with Crippen LogP contribution in [0.2, 0.25) is 0 Å². The van der Waals surface area contributed by atoms with E-state index in [-0.39, 0.29) is 70.3 Å². The van der Waals surface area contributed by atoms with E-state index in [1.165, 1.54) is 6.92 Å². The van der Waals surface area contributed by atoms with E-state index < -0.39 is 158 Å². The fraction of sp³-hybridized carbons (Fsp3) is 0.570. The minimum atomic E-state index is -1.12. The van der Waals surface area contributed by atoms with Crippen molar-refractivity contribution < 1.29 is 104 Å². The Morgan fingerprint density at radius 2 is 0.861 bits per heavy atom. The fourth-order valence-electron chi connectivity index (χ4n) is 16.2. The van der Waals surface area contributed by atoms with Gasteiger partial charge >= 0.3 is 5.97 Å². The molecule has 0 radical (unpaired) electrons. The molecule has 8 aliphatic rings. The molecule has 0 saturated carbocycles. The van der Waals surface area contributed by atoms with Crippen LogP contribution in [0.15, 0.2) is 182 Å². The van der Waals surface area contributed by atoms with Gasteiger partial charge in [0.2, 0.25) is 0 Å². The summed E-state index contributed by atoms with van der Waals surface area (Å²) in [5, 5.41) is 0. The summed E-state index contributed by atoms with van der Waals surface area (Å²) in [6, 6.07) is 60.0. The van der Waals surface area contributed by atoms with Gasteiger partial charge in [0.25, 0.3) is 0 Å². The van der Waals surface area contributed by atoms with Crippen LogP contribution in [0.5, 0.6) is 0 Å². The summed E-state index contributed by atoms with van der Waals surface area (Å²) in [4.78, 5) is 13.3. The lowest BCUT2D eigenvalue weighted by Crippen LogP contribution is -2.65. The van der Waals surface area contributed by atoms with Crippen LogP contribution in [0.25, 0.3) is 0 Å². The van der Waals surface area contributed by atoms with Gasteiger partial charge in [-0.15, -0.1) is 0 Å². The number of fused-ring (bicyclic) bond motifs is 2. The Labute approximate surface area is 634 Å². The van der Waals surface area contributed by atoms with Crippen LogP contribution >= 0.6 is 0 Å². The summed E-state index contributed by atoms with van der Waals surface area (Å²) in [6.45, 7) is 23.0. The number of esters is 1. The Hall–Kier alpha value is -6.01. The first-order chi connectivity index (χ1) is 52.3. The van der Waals surface area contributed by atoms with Crippen molar-refractivity contribution in [2.24, 2.45) is 23.7 Å². The van der Waals surface area contributed by atoms with E-state index in [2.05, 4.69) is 20.8 Å². The van der Waals surface area contributed by atoms with Crippen molar-refractivity contribution in [1.29, 1.82) is 0 Å². The normalized spacial score (nSPS) is 38.0. The molecule has 108 heavy (non-hydrogen) atoms. The third-order valence-electron chi connectivity index (χ3n) is 22.2. The molecular weight excluding hydrogens is 1380 g/mol. The Morgan fingerprint density at radius 3 is 1.46 bits per heavy atom. The number of rotatable bonds is 29. The standard InChI is InChI=1S/C86H108O22/c1-51-42-93-82(76(92-47-64-38-26-16-27-39-64)67(51)100-84-78-86(50-94-84,49-89-44-61-32-20-13-21-33-61)108-81(105-78)65-40-28-17-29-41-65)103-71-58(8)97-79(102-73-57(7)95-56(6)72(98-59(9)87)75(73)104-83-77-70(52(2)55(5)96-83)106-85(10,11)107-77)54(4)69(71)101-80-53(3)68(90-45-62-34-22-14-23-35-62)74(91-46-63-36-24-15-25-37-63)66(99-80)48-88-43-60-30-18-12-19-31-60/h12-41,51-58,66-84H,42-50H2,1-11H3/t51-,52+,53-,54+,55?,56?,57+,58?,66?,67-,68?,69?,70+,71+,72+,73?,74-,75-,76?,77?,78?,79+,80+,81+,82+,83+,84+,86-/m1/s1. The number of carbonyl (C=O) groups is 1. The van der Waals surface area contributed by atoms with Crippen LogP contribution in [-0.2, 0) is 137 Å². The highest BCUT2D eigenvalue weighted by molar-refractivity contribution is 5.66. The molecular formula is C86H108O22. The molecule has 10 unspecified atom stereocenters. The smallest absolute Gasteiger partial charge is 0.303 e. The van der Waals surface area contributed by atoms with Crippen molar-refractivity contribution in [3.8, 4) is 0 Å². The first-order valence-corrected chi connectivity index (χ1v) is 38.6. The predicted octanol–water partition coefficient (Wildman–Crippen LogP) is 12.7. The molecule has 8 heterocycles. The Bertz CT molecular complexity index is 3720. The largest absolute Gasteiger partial charge is 0.457 e. The number of hydrogen-bond donors (Lipinski definition) is 0. The Kier molecular flexibility index (Phi) is 26.1. The first kappa shape index (κ1) is 78.7. The first-order valence-electron chi connectivity index (χ1n) is 38.6. The van der Waals surface area contributed by atoms with Crippen LogP contribution in [0.1, 0.15) is 116 Å². The summed E-state index contributed by atoms with van der Waals surface area (Å²) in [5.41, 5.74) is 4.71. The third kappa shape index (κ3) is 18.5. The van der Waals surface area contributed by atoms with Gasteiger partial charge in [0.05, 0.1) is 108 Å². The van der Waals surface area contributed by atoms with Crippen LogP contribution in [0.3, 0.4) is 0 Å². The molecule has 8 aliphatic heterocycles. The van der Waals surface area contributed by atoms with Gasteiger partial charge in [0, 0.05) is 36.2 Å². The topological polar surface area (TPSA) is 211 Å². The van der Waals surface area contributed by atoms with Crippen molar-refractivity contribution in [2.45, 2.75) is 262 Å². The molecule has 22 heteroatoms. The van der Waals surface area contributed by atoms with E-state index in [4.69, 9.17) is 99.5 Å². The second kappa shape index (κ2) is 35.8. The molecule has 6 aromatic rings. The van der Waals surface area contributed by atoms with Gasteiger partial charge in [-0.1, -0.05) is 210 Å². The van der Waals surface area contributed by atoms with Gasteiger partial charge in [-0.3, -0.25) is 4.79 Å². The van der Waals surface area contributed by atoms with Gasteiger partial charge in [-0.25, -0.2) is 0 Å².